The lowest BCUT2D eigenvalue weighted by atomic mass is 9.97. The van der Waals surface area contributed by atoms with Crippen molar-refractivity contribution in [2.24, 2.45) is 0 Å². The molecule has 3 rings (SSSR count). The Morgan fingerprint density at radius 3 is 2.85 bits per heavy atom. The summed E-state index contributed by atoms with van der Waals surface area (Å²) >= 11 is 0. The number of benzene rings is 1. The van der Waals surface area contributed by atoms with E-state index in [1.165, 1.54) is 24.1 Å². The Kier molecular flexibility index (Phi) is 1.17. The molecular weight excluding hydrogens is 165 g/mol. The number of hydrogen-bond acceptors (Lipinski definition) is 1. The SMILES string of the molecule is Cc1cc(F)cc2c1NCC21CC1. The van der Waals surface area contributed by atoms with Gasteiger partial charge in [0.2, 0.25) is 0 Å². The molecule has 0 saturated heterocycles. The van der Waals surface area contributed by atoms with E-state index in [0.29, 0.717) is 5.41 Å². The van der Waals surface area contributed by atoms with Crippen molar-refractivity contribution >= 4 is 5.69 Å². The second-order valence-electron chi connectivity index (χ2n) is 4.28. The van der Waals surface area contributed by atoms with E-state index in [1.807, 2.05) is 6.92 Å². The standard InChI is InChI=1S/C11H12FN/c1-7-4-8(12)5-9-10(7)13-6-11(9)2-3-11/h4-5,13H,2-3,6H2,1H3. The lowest BCUT2D eigenvalue weighted by molar-refractivity contribution is 0.621. The first-order chi connectivity index (χ1) is 6.21. The third kappa shape index (κ3) is 0.859. The molecule has 1 aliphatic heterocycles. The van der Waals surface area contributed by atoms with Crippen molar-refractivity contribution in [3.63, 3.8) is 0 Å². The van der Waals surface area contributed by atoms with Crippen LogP contribution in [0.15, 0.2) is 12.1 Å². The van der Waals surface area contributed by atoms with E-state index in [4.69, 9.17) is 0 Å². The van der Waals surface area contributed by atoms with Crippen molar-refractivity contribution in [1.82, 2.24) is 0 Å². The van der Waals surface area contributed by atoms with Gasteiger partial charge >= 0.3 is 0 Å². The second-order valence-corrected chi connectivity index (χ2v) is 4.28. The normalized spacial score (nSPS) is 21.4. The van der Waals surface area contributed by atoms with E-state index >= 15 is 0 Å². The van der Waals surface area contributed by atoms with Crippen LogP contribution in [0.2, 0.25) is 0 Å². The van der Waals surface area contributed by atoms with E-state index in [-0.39, 0.29) is 5.82 Å². The van der Waals surface area contributed by atoms with Crippen molar-refractivity contribution in [1.29, 1.82) is 0 Å². The van der Waals surface area contributed by atoms with Crippen LogP contribution in [0.3, 0.4) is 0 Å². The van der Waals surface area contributed by atoms with E-state index in [9.17, 15) is 4.39 Å². The summed E-state index contributed by atoms with van der Waals surface area (Å²) < 4.78 is 13.2. The summed E-state index contributed by atoms with van der Waals surface area (Å²) in [6.45, 7) is 2.98. The van der Waals surface area contributed by atoms with Gasteiger partial charge in [-0.3, -0.25) is 0 Å². The van der Waals surface area contributed by atoms with Gasteiger partial charge in [-0.15, -0.1) is 0 Å². The molecule has 0 amide bonds. The number of nitrogens with one attached hydrogen (secondary N) is 1. The quantitative estimate of drug-likeness (QED) is 0.642. The smallest absolute Gasteiger partial charge is 0.123 e. The summed E-state index contributed by atoms with van der Waals surface area (Å²) in [5.74, 6) is -0.0915. The molecule has 0 aromatic heterocycles. The highest BCUT2D eigenvalue weighted by Gasteiger charge is 2.49. The average Bonchev–Trinajstić information content (AvgIpc) is 2.73. The number of anilines is 1. The number of fused-ring (bicyclic) bond motifs is 2. The third-order valence-corrected chi connectivity index (χ3v) is 3.33. The van der Waals surface area contributed by atoms with E-state index < -0.39 is 0 Å². The summed E-state index contributed by atoms with van der Waals surface area (Å²) in [5, 5.41) is 3.38. The largest absolute Gasteiger partial charge is 0.384 e. The zero-order valence-corrected chi connectivity index (χ0v) is 7.65. The number of halogens is 1. The van der Waals surface area contributed by atoms with Crippen molar-refractivity contribution in [3.05, 3.63) is 29.1 Å². The molecule has 1 N–H and O–H groups in total. The molecule has 13 heavy (non-hydrogen) atoms. The van der Waals surface area contributed by atoms with Crippen LogP contribution in [0.4, 0.5) is 10.1 Å². The van der Waals surface area contributed by atoms with Gasteiger partial charge in [0.05, 0.1) is 0 Å². The van der Waals surface area contributed by atoms with Gasteiger partial charge in [0, 0.05) is 17.6 Å². The number of aryl methyl sites for hydroxylation is 1. The Balaban J connectivity index is 2.24. The first-order valence-electron chi connectivity index (χ1n) is 4.76. The lowest BCUT2D eigenvalue weighted by Gasteiger charge is -2.07. The van der Waals surface area contributed by atoms with Gasteiger partial charge in [-0.25, -0.2) is 4.39 Å². The predicted molar refractivity (Wildman–Crippen MR) is 50.5 cm³/mol. The molecule has 0 bridgehead atoms. The van der Waals surface area contributed by atoms with E-state index in [1.54, 1.807) is 12.1 Å². The number of hydrogen-bond donors (Lipinski definition) is 1. The van der Waals surface area contributed by atoms with Gasteiger partial charge in [0.15, 0.2) is 0 Å². The van der Waals surface area contributed by atoms with Crippen molar-refractivity contribution in [2.45, 2.75) is 25.2 Å². The first kappa shape index (κ1) is 7.36. The summed E-state index contributed by atoms with van der Waals surface area (Å²) in [6.07, 6.45) is 2.44. The third-order valence-electron chi connectivity index (χ3n) is 3.33. The van der Waals surface area contributed by atoms with E-state index in [0.717, 1.165) is 12.1 Å². The zero-order valence-electron chi connectivity index (χ0n) is 7.65. The second kappa shape index (κ2) is 2.06. The highest BCUT2D eigenvalue weighted by molar-refractivity contribution is 5.66. The number of rotatable bonds is 0. The van der Waals surface area contributed by atoms with Gasteiger partial charge in [-0.2, -0.15) is 0 Å². The van der Waals surface area contributed by atoms with Crippen LogP contribution in [0, 0.1) is 12.7 Å². The van der Waals surface area contributed by atoms with Crippen molar-refractivity contribution in [3.8, 4) is 0 Å². The molecule has 2 aliphatic rings. The molecular formula is C11H12FN. The predicted octanol–water partition coefficient (Wildman–Crippen LogP) is 2.59. The van der Waals surface area contributed by atoms with Gasteiger partial charge in [-0.05, 0) is 43.0 Å². The Bertz CT molecular complexity index is 380. The minimum absolute atomic E-state index is 0.0915. The summed E-state index contributed by atoms with van der Waals surface area (Å²) in [5.41, 5.74) is 3.74. The topological polar surface area (TPSA) is 12.0 Å². The van der Waals surface area contributed by atoms with Crippen LogP contribution in [0.1, 0.15) is 24.0 Å². The molecule has 2 heteroatoms. The molecule has 1 aromatic carbocycles. The highest BCUT2D eigenvalue weighted by atomic mass is 19.1. The van der Waals surface area contributed by atoms with Crippen LogP contribution in [0.5, 0.6) is 0 Å². The molecule has 1 fully saturated rings. The van der Waals surface area contributed by atoms with Crippen LogP contribution in [-0.4, -0.2) is 6.54 Å². The van der Waals surface area contributed by atoms with Crippen LogP contribution >= 0.6 is 0 Å². The molecule has 1 aliphatic carbocycles. The molecule has 0 radical (unpaired) electrons. The molecule has 1 heterocycles. The maximum Gasteiger partial charge on any atom is 0.123 e. The molecule has 68 valence electrons. The Morgan fingerprint density at radius 1 is 1.38 bits per heavy atom. The summed E-state index contributed by atoms with van der Waals surface area (Å²) in [4.78, 5) is 0. The molecule has 1 aromatic rings. The Morgan fingerprint density at radius 2 is 2.15 bits per heavy atom. The molecule has 1 spiro atoms. The van der Waals surface area contributed by atoms with Crippen molar-refractivity contribution in [2.75, 3.05) is 11.9 Å². The fourth-order valence-electron chi connectivity index (χ4n) is 2.35. The van der Waals surface area contributed by atoms with Gasteiger partial charge in [0.1, 0.15) is 5.82 Å². The highest BCUT2D eigenvalue weighted by Crippen LogP contribution is 2.55. The van der Waals surface area contributed by atoms with E-state index in [2.05, 4.69) is 5.32 Å². The monoisotopic (exact) mass is 177 g/mol. The Labute approximate surface area is 77.0 Å². The van der Waals surface area contributed by atoms with Crippen molar-refractivity contribution < 1.29 is 4.39 Å². The maximum atomic E-state index is 13.2. The molecule has 0 unspecified atom stereocenters. The summed E-state index contributed by atoms with van der Waals surface area (Å²) in [6, 6.07) is 3.31. The fraction of sp³-hybridized carbons (Fsp3) is 0.455. The average molecular weight is 177 g/mol. The Hall–Kier alpha value is -1.05. The molecule has 1 nitrogen and oxygen atoms in total. The van der Waals surface area contributed by atoms with Crippen LogP contribution in [-0.2, 0) is 5.41 Å². The van der Waals surface area contributed by atoms with Gasteiger partial charge < -0.3 is 5.32 Å². The van der Waals surface area contributed by atoms with Gasteiger partial charge in [-0.1, -0.05) is 0 Å². The fourth-order valence-corrected chi connectivity index (χ4v) is 2.35. The van der Waals surface area contributed by atoms with Crippen LogP contribution in [0.25, 0.3) is 0 Å². The minimum Gasteiger partial charge on any atom is -0.384 e. The first-order valence-corrected chi connectivity index (χ1v) is 4.76. The molecule has 1 saturated carbocycles. The van der Waals surface area contributed by atoms with Crippen LogP contribution < -0.4 is 5.32 Å². The lowest BCUT2D eigenvalue weighted by Crippen LogP contribution is -2.08. The minimum atomic E-state index is -0.0915. The van der Waals surface area contributed by atoms with Gasteiger partial charge in [0.25, 0.3) is 0 Å². The zero-order chi connectivity index (χ0) is 9.05. The summed E-state index contributed by atoms with van der Waals surface area (Å²) in [7, 11) is 0. The molecule has 0 atom stereocenters. The maximum absolute atomic E-state index is 13.2.